The molecule has 0 atom stereocenters. The van der Waals surface area contributed by atoms with Crippen molar-refractivity contribution in [1.29, 1.82) is 0 Å². The molecule has 0 aliphatic carbocycles. The van der Waals surface area contributed by atoms with Gasteiger partial charge in [-0.25, -0.2) is 0 Å². The van der Waals surface area contributed by atoms with Gasteiger partial charge < -0.3 is 10.0 Å². The van der Waals surface area contributed by atoms with Gasteiger partial charge in [-0.15, -0.1) is 0 Å². The first-order chi connectivity index (χ1) is 6.29. The van der Waals surface area contributed by atoms with Gasteiger partial charge in [0.15, 0.2) is 11.0 Å². The fourth-order valence-corrected chi connectivity index (χ4v) is 1.81. The zero-order chi connectivity index (χ0) is 9.68. The fourth-order valence-electron chi connectivity index (χ4n) is 1.04. The third kappa shape index (κ3) is 2.79. The van der Waals surface area contributed by atoms with Crippen LogP contribution in [0.15, 0.2) is 0 Å². The van der Waals surface area contributed by atoms with Crippen molar-refractivity contribution < 1.29 is 5.11 Å². The van der Waals surface area contributed by atoms with E-state index in [9.17, 15) is 0 Å². The van der Waals surface area contributed by atoms with E-state index >= 15 is 0 Å². The van der Waals surface area contributed by atoms with Crippen molar-refractivity contribution in [3.63, 3.8) is 0 Å². The van der Waals surface area contributed by atoms with Gasteiger partial charge in [0, 0.05) is 19.7 Å². The molecule has 0 saturated heterocycles. The minimum absolute atomic E-state index is 0.186. The molecule has 0 aliphatic rings. The van der Waals surface area contributed by atoms with Gasteiger partial charge in [-0.1, -0.05) is 11.6 Å². The molecule has 1 heterocycles. The van der Waals surface area contributed by atoms with Crippen LogP contribution < -0.4 is 4.90 Å². The first-order valence-corrected chi connectivity index (χ1v) is 5.24. The van der Waals surface area contributed by atoms with E-state index in [0.717, 1.165) is 37.1 Å². The maximum absolute atomic E-state index is 8.68. The molecule has 1 N–H and O–H groups in total. The monoisotopic (exact) mass is 221 g/mol. The first kappa shape index (κ1) is 10.7. The number of anilines is 1. The Morgan fingerprint density at radius 1 is 1.54 bits per heavy atom. The molecule has 0 aliphatic heterocycles. The topological polar surface area (TPSA) is 49.2 Å². The van der Waals surface area contributed by atoms with Crippen LogP contribution in [0.2, 0.25) is 5.15 Å². The van der Waals surface area contributed by atoms with Gasteiger partial charge in [0.1, 0.15) is 0 Å². The van der Waals surface area contributed by atoms with Crippen LogP contribution >= 0.6 is 23.3 Å². The summed E-state index contributed by atoms with van der Waals surface area (Å²) in [4.78, 5) is 2.00. The van der Waals surface area contributed by atoms with Crippen LogP contribution in [0.5, 0.6) is 0 Å². The summed E-state index contributed by atoms with van der Waals surface area (Å²) in [5.74, 6) is 0.725. The van der Waals surface area contributed by atoms with Gasteiger partial charge in [-0.3, -0.25) is 0 Å². The van der Waals surface area contributed by atoms with Crippen molar-refractivity contribution in [1.82, 2.24) is 8.75 Å². The highest BCUT2D eigenvalue weighted by molar-refractivity contribution is 6.99. The Kier molecular flexibility index (Phi) is 4.41. The summed E-state index contributed by atoms with van der Waals surface area (Å²) in [6.45, 7) is 3.79. The smallest absolute Gasteiger partial charge is 0.187 e. The molecule has 0 radical (unpaired) electrons. The van der Waals surface area contributed by atoms with E-state index in [0.29, 0.717) is 5.15 Å². The van der Waals surface area contributed by atoms with E-state index in [4.69, 9.17) is 16.7 Å². The van der Waals surface area contributed by atoms with Gasteiger partial charge in [0.25, 0.3) is 0 Å². The zero-order valence-electron chi connectivity index (χ0n) is 7.40. The lowest BCUT2D eigenvalue weighted by Crippen LogP contribution is -2.25. The fraction of sp³-hybridized carbons (Fsp3) is 0.714. The molecule has 1 aromatic rings. The lowest BCUT2D eigenvalue weighted by Gasteiger charge is -2.19. The number of halogens is 1. The highest BCUT2D eigenvalue weighted by Gasteiger charge is 2.11. The van der Waals surface area contributed by atoms with Crippen molar-refractivity contribution in [3.8, 4) is 0 Å². The van der Waals surface area contributed by atoms with E-state index in [1.54, 1.807) is 0 Å². The Hall–Kier alpha value is -0.390. The van der Waals surface area contributed by atoms with Crippen molar-refractivity contribution in [3.05, 3.63) is 5.15 Å². The highest BCUT2D eigenvalue weighted by Crippen LogP contribution is 2.22. The third-order valence-electron chi connectivity index (χ3n) is 1.70. The van der Waals surface area contributed by atoms with Crippen LogP contribution in [-0.4, -0.2) is 33.6 Å². The maximum atomic E-state index is 8.68. The van der Waals surface area contributed by atoms with E-state index in [-0.39, 0.29) is 6.61 Å². The predicted octanol–water partition coefficient (Wildman–Crippen LogP) is 1.40. The second-order valence-corrected chi connectivity index (χ2v) is 3.42. The summed E-state index contributed by atoms with van der Waals surface area (Å²) >= 11 is 6.93. The van der Waals surface area contributed by atoms with Gasteiger partial charge in [0.2, 0.25) is 0 Å². The van der Waals surface area contributed by atoms with Crippen LogP contribution in [0, 0.1) is 0 Å². The van der Waals surface area contributed by atoms with Gasteiger partial charge in [-0.2, -0.15) is 8.75 Å². The molecule has 13 heavy (non-hydrogen) atoms. The van der Waals surface area contributed by atoms with Crippen molar-refractivity contribution in [2.24, 2.45) is 0 Å². The number of rotatable bonds is 5. The molecular formula is C7H12ClN3OS. The normalized spacial score (nSPS) is 10.4. The molecule has 0 saturated carbocycles. The van der Waals surface area contributed by atoms with Crippen LogP contribution in [0.3, 0.4) is 0 Å². The van der Waals surface area contributed by atoms with E-state index < -0.39 is 0 Å². The molecule has 0 aromatic carbocycles. The summed E-state index contributed by atoms with van der Waals surface area (Å²) < 4.78 is 7.97. The van der Waals surface area contributed by atoms with E-state index in [1.807, 2.05) is 11.8 Å². The van der Waals surface area contributed by atoms with Gasteiger partial charge in [0.05, 0.1) is 11.7 Å². The standard InChI is InChI=1S/C7H12ClN3OS/c1-2-11(4-3-5-12)7-6(8)9-13-10-7/h12H,2-5H2,1H3. The molecule has 1 rings (SSSR count). The van der Waals surface area contributed by atoms with E-state index in [1.165, 1.54) is 0 Å². The number of hydrogen-bond donors (Lipinski definition) is 1. The molecule has 0 bridgehead atoms. The largest absolute Gasteiger partial charge is 0.396 e. The van der Waals surface area contributed by atoms with Crippen molar-refractivity contribution in [2.75, 3.05) is 24.6 Å². The zero-order valence-corrected chi connectivity index (χ0v) is 8.98. The Bertz CT molecular complexity index is 256. The number of aliphatic hydroxyl groups is 1. The minimum Gasteiger partial charge on any atom is -0.396 e. The Morgan fingerprint density at radius 3 is 2.77 bits per heavy atom. The Labute approximate surface area is 86.5 Å². The molecule has 4 nitrogen and oxygen atoms in total. The van der Waals surface area contributed by atoms with Crippen molar-refractivity contribution in [2.45, 2.75) is 13.3 Å². The average molecular weight is 222 g/mol. The van der Waals surface area contributed by atoms with Crippen molar-refractivity contribution >= 4 is 29.1 Å². The summed E-state index contributed by atoms with van der Waals surface area (Å²) in [6.07, 6.45) is 0.724. The second kappa shape index (κ2) is 5.36. The van der Waals surface area contributed by atoms with Gasteiger partial charge >= 0.3 is 0 Å². The number of aliphatic hydroxyl groups excluding tert-OH is 1. The van der Waals surface area contributed by atoms with Crippen LogP contribution in [0.4, 0.5) is 5.82 Å². The highest BCUT2D eigenvalue weighted by atomic mass is 35.5. The van der Waals surface area contributed by atoms with Crippen LogP contribution in [-0.2, 0) is 0 Å². The minimum atomic E-state index is 0.186. The average Bonchev–Trinajstić information content (AvgIpc) is 2.54. The molecule has 0 amide bonds. The molecule has 0 unspecified atom stereocenters. The van der Waals surface area contributed by atoms with Gasteiger partial charge in [-0.05, 0) is 13.3 Å². The molecular weight excluding hydrogens is 210 g/mol. The maximum Gasteiger partial charge on any atom is 0.187 e. The number of aromatic nitrogens is 2. The summed E-state index contributed by atoms with van der Waals surface area (Å²) in [5.41, 5.74) is 0. The summed E-state index contributed by atoms with van der Waals surface area (Å²) in [5, 5.41) is 9.13. The summed E-state index contributed by atoms with van der Waals surface area (Å²) in [6, 6.07) is 0. The predicted molar refractivity (Wildman–Crippen MR) is 54.5 cm³/mol. The van der Waals surface area contributed by atoms with Crippen LogP contribution in [0.25, 0.3) is 0 Å². The molecule has 6 heteroatoms. The summed E-state index contributed by atoms with van der Waals surface area (Å²) in [7, 11) is 0. The van der Waals surface area contributed by atoms with E-state index in [2.05, 4.69) is 8.75 Å². The third-order valence-corrected chi connectivity index (χ3v) is 2.57. The molecule has 0 spiro atoms. The molecule has 0 fully saturated rings. The lowest BCUT2D eigenvalue weighted by molar-refractivity contribution is 0.289. The number of hydrogen-bond acceptors (Lipinski definition) is 5. The lowest BCUT2D eigenvalue weighted by atomic mass is 10.4. The first-order valence-electron chi connectivity index (χ1n) is 4.13. The molecule has 74 valence electrons. The Balaban J connectivity index is 2.61. The SMILES string of the molecule is CCN(CCCO)c1nsnc1Cl. The second-order valence-electron chi connectivity index (χ2n) is 2.54. The number of nitrogens with zero attached hydrogens (tertiary/aromatic N) is 3. The molecule has 1 aromatic heterocycles. The Morgan fingerprint density at radius 2 is 2.31 bits per heavy atom. The van der Waals surface area contributed by atoms with Crippen LogP contribution in [0.1, 0.15) is 13.3 Å². The quantitative estimate of drug-likeness (QED) is 0.817.